The summed E-state index contributed by atoms with van der Waals surface area (Å²) in [7, 11) is 0. The van der Waals surface area contributed by atoms with Crippen molar-refractivity contribution < 1.29 is 4.42 Å². The van der Waals surface area contributed by atoms with E-state index >= 15 is 0 Å². The normalized spacial score (nSPS) is 14.5. The SMILES string of the molecule is CC1(c2ccccc2)c2ccccc2-c2cccc(-c3ccccc3-c3cc(-c4cccc(-c5cccc6c5oc5ccccc56)c4)nc(-c4ccccc4)n3)c21. The summed E-state index contributed by atoms with van der Waals surface area (Å²) in [4.78, 5) is 10.6. The minimum atomic E-state index is -0.355. The van der Waals surface area contributed by atoms with Crippen LogP contribution in [0.1, 0.15) is 23.6 Å². The van der Waals surface area contributed by atoms with Crippen molar-refractivity contribution in [1.82, 2.24) is 9.97 Å². The molecular formula is C54H36N2O. The van der Waals surface area contributed by atoms with Gasteiger partial charge in [0.05, 0.1) is 11.4 Å². The number of furan rings is 1. The molecule has 0 radical (unpaired) electrons. The van der Waals surface area contributed by atoms with Gasteiger partial charge >= 0.3 is 0 Å². The van der Waals surface area contributed by atoms with Crippen LogP contribution in [0.2, 0.25) is 0 Å². The Morgan fingerprint density at radius 3 is 1.81 bits per heavy atom. The molecule has 3 nitrogen and oxygen atoms in total. The molecule has 2 heterocycles. The number of hydrogen-bond acceptors (Lipinski definition) is 3. The third-order valence-electron chi connectivity index (χ3n) is 11.8. The van der Waals surface area contributed by atoms with Gasteiger partial charge < -0.3 is 4.42 Å². The number of aromatic nitrogens is 2. The highest BCUT2D eigenvalue weighted by Crippen LogP contribution is 2.56. The Morgan fingerprint density at radius 2 is 0.965 bits per heavy atom. The van der Waals surface area contributed by atoms with E-state index in [4.69, 9.17) is 14.4 Å². The summed E-state index contributed by atoms with van der Waals surface area (Å²) >= 11 is 0. The van der Waals surface area contributed by atoms with E-state index in [9.17, 15) is 0 Å². The number of para-hydroxylation sites is 2. The molecule has 3 heteroatoms. The predicted molar refractivity (Wildman–Crippen MR) is 234 cm³/mol. The Morgan fingerprint density at radius 1 is 0.404 bits per heavy atom. The monoisotopic (exact) mass is 728 g/mol. The fourth-order valence-corrected chi connectivity index (χ4v) is 9.11. The van der Waals surface area contributed by atoms with Crippen molar-refractivity contribution >= 4 is 21.9 Å². The van der Waals surface area contributed by atoms with Gasteiger partial charge in [0.15, 0.2) is 5.82 Å². The Bertz CT molecular complexity index is 3140. The molecule has 8 aromatic carbocycles. The quantitative estimate of drug-likeness (QED) is 0.171. The van der Waals surface area contributed by atoms with Gasteiger partial charge in [0.25, 0.3) is 0 Å². The lowest BCUT2D eigenvalue weighted by Gasteiger charge is -2.30. The van der Waals surface area contributed by atoms with E-state index in [1.165, 1.54) is 33.4 Å². The maximum atomic E-state index is 6.46. The van der Waals surface area contributed by atoms with Gasteiger partial charge in [0.1, 0.15) is 11.2 Å². The summed E-state index contributed by atoms with van der Waals surface area (Å²) in [6.07, 6.45) is 0. The fourth-order valence-electron chi connectivity index (χ4n) is 9.11. The van der Waals surface area contributed by atoms with E-state index in [-0.39, 0.29) is 5.41 Å². The van der Waals surface area contributed by atoms with Gasteiger partial charge in [-0.1, -0.05) is 182 Å². The summed E-state index contributed by atoms with van der Waals surface area (Å²) in [5, 5.41) is 2.23. The lowest BCUT2D eigenvalue weighted by atomic mass is 9.71. The molecule has 1 aliphatic carbocycles. The highest BCUT2D eigenvalue weighted by molar-refractivity contribution is 6.09. The van der Waals surface area contributed by atoms with Crippen LogP contribution in [0.3, 0.4) is 0 Å². The zero-order valence-electron chi connectivity index (χ0n) is 31.4. The van der Waals surface area contributed by atoms with Crippen molar-refractivity contribution in [3.05, 3.63) is 217 Å². The molecular weight excluding hydrogens is 693 g/mol. The van der Waals surface area contributed by atoms with Crippen LogP contribution in [0.4, 0.5) is 0 Å². The number of fused-ring (bicyclic) bond motifs is 6. The predicted octanol–water partition coefficient (Wildman–Crippen LogP) is 14.0. The van der Waals surface area contributed by atoms with Crippen LogP contribution in [0.5, 0.6) is 0 Å². The summed E-state index contributed by atoms with van der Waals surface area (Å²) in [6, 6.07) is 71.0. The third kappa shape index (κ3) is 5.27. The van der Waals surface area contributed by atoms with Crippen molar-refractivity contribution in [2.75, 3.05) is 0 Å². The van der Waals surface area contributed by atoms with E-state index in [0.717, 1.165) is 66.7 Å². The Kier molecular flexibility index (Phi) is 7.61. The van der Waals surface area contributed by atoms with Crippen molar-refractivity contribution in [2.45, 2.75) is 12.3 Å². The number of benzene rings is 8. The van der Waals surface area contributed by atoms with Gasteiger partial charge in [-0.15, -0.1) is 0 Å². The maximum absolute atomic E-state index is 6.46. The van der Waals surface area contributed by atoms with Crippen LogP contribution in [0.25, 0.3) is 89.2 Å². The molecule has 0 bridgehead atoms. The molecule has 0 saturated heterocycles. The Hall–Kier alpha value is -7.36. The first-order valence-corrected chi connectivity index (χ1v) is 19.5. The average Bonchev–Trinajstić information content (AvgIpc) is 3.80. The van der Waals surface area contributed by atoms with Crippen LogP contribution in [0, 0.1) is 0 Å². The lowest BCUT2D eigenvalue weighted by Crippen LogP contribution is -2.23. The van der Waals surface area contributed by atoms with Crippen molar-refractivity contribution in [3.8, 4) is 67.3 Å². The molecule has 0 amide bonds. The number of hydrogen-bond donors (Lipinski definition) is 0. The van der Waals surface area contributed by atoms with E-state index in [1.54, 1.807) is 0 Å². The fraction of sp³-hybridized carbons (Fsp3) is 0.0370. The second-order valence-electron chi connectivity index (χ2n) is 15.0. The van der Waals surface area contributed by atoms with E-state index < -0.39 is 0 Å². The van der Waals surface area contributed by atoms with Crippen LogP contribution < -0.4 is 0 Å². The summed E-state index contributed by atoms with van der Waals surface area (Å²) in [5.74, 6) is 0.683. The first-order valence-electron chi connectivity index (χ1n) is 19.5. The Balaban J connectivity index is 1.10. The molecule has 0 aliphatic heterocycles. The van der Waals surface area contributed by atoms with Gasteiger partial charge in [0.2, 0.25) is 0 Å². The summed E-state index contributed by atoms with van der Waals surface area (Å²) in [6.45, 7) is 2.38. The molecule has 1 aliphatic rings. The molecule has 1 atom stereocenters. The highest BCUT2D eigenvalue weighted by Gasteiger charge is 2.42. The van der Waals surface area contributed by atoms with Gasteiger partial charge in [-0.25, -0.2) is 9.97 Å². The molecule has 268 valence electrons. The van der Waals surface area contributed by atoms with Crippen molar-refractivity contribution in [3.63, 3.8) is 0 Å². The van der Waals surface area contributed by atoms with Gasteiger partial charge in [-0.05, 0) is 69.6 Å². The summed E-state index contributed by atoms with van der Waals surface area (Å²) < 4.78 is 6.46. The zero-order chi connectivity index (χ0) is 37.9. The first-order chi connectivity index (χ1) is 28.1. The van der Waals surface area contributed by atoms with Crippen LogP contribution >= 0.6 is 0 Å². The summed E-state index contributed by atoms with van der Waals surface area (Å²) in [5.41, 5.74) is 17.1. The van der Waals surface area contributed by atoms with E-state index in [1.807, 2.05) is 30.3 Å². The molecule has 0 N–H and O–H groups in total. The third-order valence-corrected chi connectivity index (χ3v) is 11.8. The largest absolute Gasteiger partial charge is 0.455 e. The van der Waals surface area contributed by atoms with Gasteiger partial charge in [-0.3, -0.25) is 0 Å². The molecule has 0 saturated carbocycles. The van der Waals surface area contributed by atoms with E-state index in [2.05, 4.69) is 177 Å². The zero-order valence-corrected chi connectivity index (χ0v) is 31.4. The highest BCUT2D eigenvalue weighted by atomic mass is 16.3. The minimum absolute atomic E-state index is 0.355. The van der Waals surface area contributed by atoms with Crippen LogP contribution in [-0.2, 0) is 5.41 Å². The second kappa shape index (κ2) is 13.1. The van der Waals surface area contributed by atoms with Crippen LogP contribution in [0.15, 0.2) is 205 Å². The Labute approximate surface area is 331 Å². The number of nitrogens with zero attached hydrogens (tertiary/aromatic N) is 2. The molecule has 10 aromatic rings. The second-order valence-corrected chi connectivity index (χ2v) is 15.0. The smallest absolute Gasteiger partial charge is 0.160 e. The molecule has 2 aromatic heterocycles. The minimum Gasteiger partial charge on any atom is -0.455 e. The molecule has 0 fully saturated rings. The first kappa shape index (κ1) is 33.0. The van der Waals surface area contributed by atoms with Crippen molar-refractivity contribution in [2.24, 2.45) is 0 Å². The standard InChI is InChI=1S/C54H36N2O/c1-54(38-21-6-3-7-22-38)47-31-12-10-24-41(47)45-29-16-28-44(51(45)54)40-23-8-9-25-42(40)49-34-48(55-53(56-49)35-17-4-2-5-18-35)37-20-14-19-36(33-37)39-27-15-30-46-43-26-11-13-32-50(43)57-52(39)46/h2-34H,1H3. The molecule has 0 spiro atoms. The van der Waals surface area contributed by atoms with Gasteiger partial charge in [-0.2, -0.15) is 0 Å². The molecule has 11 rings (SSSR count). The van der Waals surface area contributed by atoms with E-state index in [0.29, 0.717) is 5.82 Å². The van der Waals surface area contributed by atoms with Crippen molar-refractivity contribution in [1.29, 1.82) is 0 Å². The lowest BCUT2D eigenvalue weighted by molar-refractivity contribution is 0.670. The average molecular weight is 729 g/mol. The maximum Gasteiger partial charge on any atom is 0.160 e. The molecule has 57 heavy (non-hydrogen) atoms. The topological polar surface area (TPSA) is 38.9 Å². The number of rotatable bonds is 6. The molecule has 1 unspecified atom stereocenters. The van der Waals surface area contributed by atoms with Gasteiger partial charge in [0, 0.05) is 38.4 Å². The van der Waals surface area contributed by atoms with Crippen LogP contribution in [-0.4, -0.2) is 9.97 Å².